The predicted octanol–water partition coefficient (Wildman–Crippen LogP) is 2.49. The molecule has 0 aliphatic carbocycles. The molecule has 128 valence electrons. The van der Waals surface area contributed by atoms with Gasteiger partial charge >= 0.3 is 5.76 Å². The van der Waals surface area contributed by atoms with Crippen molar-refractivity contribution in [2.75, 3.05) is 13.1 Å². The third kappa shape index (κ3) is 3.76. The van der Waals surface area contributed by atoms with Crippen LogP contribution in [-0.2, 0) is 20.1 Å². The number of para-hydroxylation sites is 2. The molecule has 0 unspecified atom stereocenters. The van der Waals surface area contributed by atoms with Gasteiger partial charge in [-0.15, -0.1) is 0 Å². The molecule has 0 radical (unpaired) electrons. The largest absolute Gasteiger partial charge is 0.419 e. The van der Waals surface area contributed by atoms with Crippen LogP contribution in [0.2, 0.25) is 0 Å². The summed E-state index contributed by atoms with van der Waals surface area (Å²) < 4.78 is 8.84. The van der Waals surface area contributed by atoms with E-state index in [1.54, 1.807) is 4.57 Å². The number of hydrogen-bond acceptors (Lipinski definition) is 4. The van der Waals surface area contributed by atoms with Gasteiger partial charge in [0.05, 0.1) is 11.7 Å². The van der Waals surface area contributed by atoms with Gasteiger partial charge in [0.25, 0.3) is 0 Å². The van der Waals surface area contributed by atoms with Gasteiger partial charge in [-0.1, -0.05) is 26.0 Å². The van der Waals surface area contributed by atoms with Gasteiger partial charge in [0.1, 0.15) is 0 Å². The molecule has 6 heteroatoms. The van der Waals surface area contributed by atoms with Crippen molar-refractivity contribution in [3.05, 3.63) is 52.8 Å². The lowest BCUT2D eigenvalue weighted by Crippen LogP contribution is -2.32. The lowest BCUT2D eigenvalue weighted by molar-refractivity contribution is 0.226. The Bertz CT molecular complexity index is 859. The van der Waals surface area contributed by atoms with Crippen molar-refractivity contribution in [3.63, 3.8) is 0 Å². The second-order valence-corrected chi connectivity index (χ2v) is 6.64. The third-order valence-corrected chi connectivity index (χ3v) is 4.00. The number of aromatic nitrogens is 3. The monoisotopic (exact) mass is 328 g/mol. The Hall–Kier alpha value is -2.34. The molecule has 0 bridgehead atoms. The van der Waals surface area contributed by atoms with Crippen molar-refractivity contribution in [2.24, 2.45) is 13.0 Å². The number of hydrogen-bond donors (Lipinski definition) is 0. The van der Waals surface area contributed by atoms with Crippen LogP contribution in [0.3, 0.4) is 0 Å². The first-order valence-corrected chi connectivity index (χ1v) is 8.31. The summed E-state index contributed by atoms with van der Waals surface area (Å²) in [5.74, 6) is 0.265. The smallest absolute Gasteiger partial charge is 0.408 e. The number of aryl methyl sites for hydroxylation is 1. The highest BCUT2D eigenvalue weighted by Crippen LogP contribution is 2.13. The second-order valence-electron chi connectivity index (χ2n) is 6.64. The first kappa shape index (κ1) is 16.5. The van der Waals surface area contributed by atoms with E-state index in [4.69, 9.17) is 4.42 Å². The number of oxazole rings is 1. The van der Waals surface area contributed by atoms with Crippen LogP contribution in [0.4, 0.5) is 0 Å². The topological polar surface area (TPSA) is 56.2 Å². The summed E-state index contributed by atoms with van der Waals surface area (Å²) in [4.78, 5) is 14.5. The van der Waals surface area contributed by atoms with Crippen molar-refractivity contribution in [3.8, 4) is 0 Å². The summed E-state index contributed by atoms with van der Waals surface area (Å²) in [5, 5.41) is 4.23. The summed E-state index contributed by atoms with van der Waals surface area (Å²) in [6.07, 6.45) is 3.93. The maximum atomic E-state index is 12.1. The lowest BCUT2D eigenvalue weighted by Gasteiger charge is -2.23. The molecule has 2 heterocycles. The van der Waals surface area contributed by atoms with E-state index in [1.165, 1.54) is 5.56 Å². The van der Waals surface area contributed by atoms with Crippen LogP contribution in [0, 0.1) is 5.92 Å². The summed E-state index contributed by atoms with van der Waals surface area (Å²) in [7, 11) is 1.92. The maximum absolute atomic E-state index is 12.1. The summed E-state index contributed by atoms with van der Waals surface area (Å²) in [6, 6.07) is 7.56. The van der Waals surface area contributed by atoms with Crippen LogP contribution in [0.1, 0.15) is 19.4 Å². The summed E-state index contributed by atoms with van der Waals surface area (Å²) >= 11 is 0. The quantitative estimate of drug-likeness (QED) is 0.669. The maximum Gasteiger partial charge on any atom is 0.419 e. The summed E-state index contributed by atoms with van der Waals surface area (Å²) in [5.41, 5.74) is 2.68. The second kappa shape index (κ2) is 7.05. The minimum atomic E-state index is -0.290. The Kier molecular flexibility index (Phi) is 4.85. The standard InChI is InChI=1S/C18H24N4O2/c1-14(2)11-21(13-15-10-19-20(3)12-15)8-9-22-16-6-4-5-7-17(16)24-18(22)23/h4-7,10,12,14H,8-9,11,13H2,1-3H3. The Morgan fingerprint density at radius 3 is 2.79 bits per heavy atom. The Labute approximate surface area is 141 Å². The Balaban J connectivity index is 1.74. The van der Waals surface area contributed by atoms with E-state index < -0.39 is 0 Å². The van der Waals surface area contributed by atoms with Crippen molar-refractivity contribution in [1.29, 1.82) is 0 Å². The van der Waals surface area contributed by atoms with E-state index in [9.17, 15) is 4.79 Å². The van der Waals surface area contributed by atoms with E-state index in [1.807, 2.05) is 48.4 Å². The van der Waals surface area contributed by atoms with Gasteiger partial charge in [-0.2, -0.15) is 5.10 Å². The number of rotatable bonds is 7. The molecule has 6 nitrogen and oxygen atoms in total. The van der Waals surface area contributed by atoms with Crippen LogP contribution < -0.4 is 5.76 Å². The van der Waals surface area contributed by atoms with Gasteiger partial charge in [0.2, 0.25) is 0 Å². The predicted molar refractivity (Wildman–Crippen MR) is 93.8 cm³/mol. The van der Waals surface area contributed by atoms with Crippen LogP contribution >= 0.6 is 0 Å². The SMILES string of the molecule is CC(C)CN(CCn1c(=O)oc2ccccc21)Cc1cnn(C)c1. The molecule has 0 spiro atoms. The third-order valence-electron chi connectivity index (χ3n) is 4.00. The van der Waals surface area contributed by atoms with Crippen molar-refractivity contribution >= 4 is 11.1 Å². The molecule has 2 aromatic heterocycles. The van der Waals surface area contributed by atoms with Crippen LogP contribution in [0.5, 0.6) is 0 Å². The molecular formula is C18H24N4O2. The van der Waals surface area contributed by atoms with Crippen molar-refractivity contribution in [2.45, 2.75) is 26.9 Å². The molecular weight excluding hydrogens is 304 g/mol. The lowest BCUT2D eigenvalue weighted by atomic mass is 10.2. The van der Waals surface area contributed by atoms with Crippen molar-refractivity contribution < 1.29 is 4.42 Å². The fourth-order valence-electron chi connectivity index (χ4n) is 3.03. The van der Waals surface area contributed by atoms with Gasteiger partial charge in [-0.25, -0.2) is 4.79 Å². The molecule has 0 aliphatic rings. The van der Waals surface area contributed by atoms with Gasteiger partial charge in [-0.05, 0) is 18.1 Å². The molecule has 3 rings (SSSR count). The average molecular weight is 328 g/mol. The van der Waals surface area contributed by atoms with Gasteiger partial charge < -0.3 is 4.42 Å². The van der Waals surface area contributed by atoms with E-state index in [0.29, 0.717) is 18.0 Å². The Morgan fingerprint density at radius 2 is 2.08 bits per heavy atom. The van der Waals surface area contributed by atoms with E-state index in [0.717, 1.165) is 25.2 Å². The minimum Gasteiger partial charge on any atom is -0.408 e. The van der Waals surface area contributed by atoms with Gasteiger partial charge in [-0.3, -0.25) is 14.1 Å². The molecule has 1 aromatic carbocycles. The number of nitrogens with zero attached hydrogens (tertiary/aromatic N) is 4. The van der Waals surface area contributed by atoms with E-state index >= 15 is 0 Å². The number of fused-ring (bicyclic) bond motifs is 1. The fourth-order valence-corrected chi connectivity index (χ4v) is 3.03. The average Bonchev–Trinajstić information content (AvgIpc) is 3.07. The summed E-state index contributed by atoms with van der Waals surface area (Å²) in [6.45, 7) is 7.61. The van der Waals surface area contributed by atoms with Crippen LogP contribution in [-0.4, -0.2) is 32.3 Å². The minimum absolute atomic E-state index is 0.290. The molecule has 0 saturated heterocycles. The highest BCUT2D eigenvalue weighted by atomic mass is 16.4. The first-order valence-electron chi connectivity index (χ1n) is 8.31. The van der Waals surface area contributed by atoms with Crippen molar-refractivity contribution in [1.82, 2.24) is 19.2 Å². The highest BCUT2D eigenvalue weighted by molar-refractivity contribution is 5.72. The Morgan fingerprint density at radius 1 is 1.29 bits per heavy atom. The normalized spacial score (nSPS) is 11.9. The van der Waals surface area contributed by atoms with Crippen LogP contribution in [0.25, 0.3) is 11.1 Å². The van der Waals surface area contributed by atoms with Gasteiger partial charge in [0.15, 0.2) is 5.58 Å². The fraction of sp³-hybridized carbons (Fsp3) is 0.444. The molecule has 0 N–H and O–H groups in total. The molecule has 0 saturated carbocycles. The molecule has 0 atom stereocenters. The zero-order valence-corrected chi connectivity index (χ0v) is 14.5. The molecule has 24 heavy (non-hydrogen) atoms. The van der Waals surface area contributed by atoms with Crippen LogP contribution in [0.15, 0.2) is 45.9 Å². The number of benzene rings is 1. The first-order chi connectivity index (χ1) is 11.5. The molecule has 0 aliphatic heterocycles. The molecule has 0 fully saturated rings. The van der Waals surface area contributed by atoms with E-state index in [-0.39, 0.29) is 5.76 Å². The van der Waals surface area contributed by atoms with E-state index in [2.05, 4.69) is 23.8 Å². The molecule has 3 aromatic rings. The van der Waals surface area contributed by atoms with Gasteiger partial charge in [0, 0.05) is 45.0 Å². The zero-order chi connectivity index (χ0) is 17.1. The highest BCUT2D eigenvalue weighted by Gasteiger charge is 2.13. The molecule has 0 amide bonds. The zero-order valence-electron chi connectivity index (χ0n) is 14.5.